The summed E-state index contributed by atoms with van der Waals surface area (Å²) in [5.74, 6) is -0.762. The van der Waals surface area contributed by atoms with Gasteiger partial charge in [-0.15, -0.1) is 0 Å². The van der Waals surface area contributed by atoms with Crippen LogP contribution in [0, 0.1) is 26.6 Å². The molecule has 0 unspecified atom stereocenters. The van der Waals surface area contributed by atoms with E-state index in [9.17, 15) is 23.7 Å². The summed E-state index contributed by atoms with van der Waals surface area (Å²) in [5, 5.41) is 15.8. The molecule has 0 aliphatic carbocycles. The maximum atomic E-state index is 13.6. The molecule has 232 valence electrons. The van der Waals surface area contributed by atoms with Crippen LogP contribution in [0.2, 0.25) is 0 Å². The fraction of sp³-hybridized carbons (Fsp3) is 0.375. The van der Waals surface area contributed by atoms with Crippen LogP contribution >= 0.6 is 7.44 Å². The molecule has 0 amide bonds. The van der Waals surface area contributed by atoms with Crippen LogP contribution in [0.5, 0.6) is 11.5 Å². The van der Waals surface area contributed by atoms with Gasteiger partial charge >= 0.3 is 11.9 Å². The van der Waals surface area contributed by atoms with Crippen molar-refractivity contribution in [2.24, 2.45) is 0 Å². The van der Waals surface area contributed by atoms with Crippen molar-refractivity contribution < 1.29 is 37.9 Å². The van der Waals surface area contributed by atoms with Crippen LogP contribution in [-0.4, -0.2) is 49.7 Å². The lowest BCUT2D eigenvalue weighted by atomic mass is 9.91. The van der Waals surface area contributed by atoms with Gasteiger partial charge in [-0.05, 0) is 104 Å². The van der Waals surface area contributed by atoms with Crippen molar-refractivity contribution in [3.63, 3.8) is 0 Å². The number of carbonyl (C=O) groups is 2. The smallest absolute Gasteiger partial charge is 0.320 e. The lowest BCUT2D eigenvalue weighted by molar-refractivity contribution is -0.142. The van der Waals surface area contributed by atoms with E-state index in [2.05, 4.69) is 10.2 Å². The average Bonchev–Trinajstić information content (AvgIpc) is 2.97. The molecular weight excluding hydrogens is 574 g/mol. The summed E-state index contributed by atoms with van der Waals surface area (Å²) in [6.07, 6.45) is 0.754. The zero-order valence-electron chi connectivity index (χ0n) is 25.3. The summed E-state index contributed by atoms with van der Waals surface area (Å²) in [6, 6.07) is 13.6. The number of hydrogen-bond donors (Lipinski definition) is 3. The highest BCUT2D eigenvalue weighted by Gasteiger charge is 2.26. The first-order chi connectivity index (χ1) is 20.4. The Hall–Kier alpha value is -3.72. The Balaban J connectivity index is 1.77. The number of esters is 2. The Morgan fingerprint density at radius 1 is 0.837 bits per heavy atom. The molecule has 0 spiro atoms. The van der Waals surface area contributed by atoms with Gasteiger partial charge in [-0.3, -0.25) is 14.2 Å². The fourth-order valence-corrected chi connectivity index (χ4v) is 5.94. The van der Waals surface area contributed by atoms with Crippen LogP contribution in [0.15, 0.2) is 48.5 Å². The molecular formula is C32H40FN2O7P. The summed E-state index contributed by atoms with van der Waals surface area (Å²) >= 11 is 0. The molecule has 0 radical (unpaired) electrons. The third-order valence-corrected chi connectivity index (χ3v) is 8.84. The van der Waals surface area contributed by atoms with Gasteiger partial charge in [-0.25, -0.2) is 14.6 Å². The molecule has 0 saturated carbocycles. The number of nitrogens with one attached hydrogen (secondary N) is 2. The molecule has 3 rings (SSSR count). The molecule has 0 aromatic heterocycles. The third-order valence-electron chi connectivity index (χ3n) is 7.01. The second kappa shape index (κ2) is 15.7. The van der Waals surface area contributed by atoms with Gasteiger partial charge in [0.25, 0.3) is 0 Å². The minimum absolute atomic E-state index is 0.180. The molecule has 0 bridgehead atoms. The van der Waals surface area contributed by atoms with E-state index in [0.29, 0.717) is 18.6 Å². The molecule has 0 aliphatic rings. The highest BCUT2D eigenvalue weighted by atomic mass is 31.2. The van der Waals surface area contributed by atoms with Gasteiger partial charge < -0.3 is 19.3 Å². The van der Waals surface area contributed by atoms with E-state index in [0.717, 1.165) is 38.9 Å². The zero-order valence-corrected chi connectivity index (χ0v) is 26.2. The summed E-state index contributed by atoms with van der Waals surface area (Å²) in [6.45, 7) is 8.92. The number of ether oxygens (including phenoxy) is 3. The molecule has 0 aliphatic heterocycles. The van der Waals surface area contributed by atoms with Gasteiger partial charge in [0.15, 0.2) is 6.35 Å². The molecule has 3 N–H and O–H groups in total. The van der Waals surface area contributed by atoms with Crippen molar-refractivity contribution >= 4 is 19.4 Å². The van der Waals surface area contributed by atoms with E-state index in [1.165, 1.54) is 12.1 Å². The Labute approximate surface area is 252 Å². The van der Waals surface area contributed by atoms with E-state index in [4.69, 9.17) is 14.2 Å². The normalized spacial score (nSPS) is 11.3. The minimum atomic E-state index is -3.57. The first-order valence-electron chi connectivity index (χ1n) is 14.1. The predicted octanol–water partition coefficient (Wildman–Crippen LogP) is 5.47. The maximum absolute atomic E-state index is 13.6. The van der Waals surface area contributed by atoms with Crippen LogP contribution in [0.4, 0.5) is 4.39 Å². The second-order valence-electron chi connectivity index (χ2n) is 10.2. The monoisotopic (exact) mass is 614 g/mol. The number of halogens is 1. The van der Waals surface area contributed by atoms with E-state index in [1.54, 1.807) is 32.0 Å². The number of rotatable bonds is 15. The summed E-state index contributed by atoms with van der Waals surface area (Å²) in [5.41, 5.74) is 6.55. The van der Waals surface area contributed by atoms with Gasteiger partial charge in [-0.1, -0.05) is 24.3 Å². The van der Waals surface area contributed by atoms with E-state index >= 15 is 0 Å². The van der Waals surface area contributed by atoms with Crippen LogP contribution in [0.25, 0.3) is 0 Å². The number of benzene rings is 3. The zero-order chi connectivity index (χ0) is 31.6. The molecule has 0 saturated heterocycles. The van der Waals surface area contributed by atoms with Crippen LogP contribution in [0.3, 0.4) is 0 Å². The van der Waals surface area contributed by atoms with Crippen LogP contribution in [-0.2, 0) is 36.5 Å². The SMILES string of the molecule is CCOC(=O)CNP(=O)(COc1cc(C)c(Cc2ccc(O)c(Cc3ccc(F)cc3)c2)c(C)c1C)NCC(=O)OCC. The van der Waals surface area contributed by atoms with Crippen molar-refractivity contribution in [2.45, 2.75) is 47.5 Å². The van der Waals surface area contributed by atoms with Gasteiger partial charge in [0.2, 0.25) is 7.44 Å². The molecule has 43 heavy (non-hydrogen) atoms. The third kappa shape index (κ3) is 9.92. The number of phenolic OH excluding ortho intramolecular Hbond substituents is 1. The summed E-state index contributed by atoms with van der Waals surface area (Å²) in [7, 11) is -3.57. The van der Waals surface area contributed by atoms with E-state index in [1.807, 2.05) is 39.0 Å². The molecule has 3 aromatic rings. The molecule has 9 nitrogen and oxygen atoms in total. The Bertz CT molecular complexity index is 1450. The molecule has 11 heteroatoms. The first-order valence-corrected chi connectivity index (χ1v) is 16.0. The van der Waals surface area contributed by atoms with Gasteiger partial charge in [-0.2, -0.15) is 0 Å². The largest absolute Gasteiger partial charge is 0.508 e. The average molecular weight is 615 g/mol. The van der Waals surface area contributed by atoms with E-state index < -0.39 is 19.4 Å². The first kappa shape index (κ1) is 33.8. The van der Waals surface area contributed by atoms with Crippen molar-refractivity contribution in [3.8, 4) is 11.5 Å². The highest BCUT2D eigenvalue weighted by Crippen LogP contribution is 2.38. The lowest BCUT2D eigenvalue weighted by Crippen LogP contribution is -2.34. The predicted molar refractivity (Wildman–Crippen MR) is 163 cm³/mol. The summed E-state index contributed by atoms with van der Waals surface area (Å²) < 4.78 is 42.8. The van der Waals surface area contributed by atoms with E-state index in [-0.39, 0.29) is 44.2 Å². The van der Waals surface area contributed by atoms with Crippen molar-refractivity contribution in [2.75, 3.05) is 32.7 Å². The van der Waals surface area contributed by atoms with Gasteiger partial charge in [0, 0.05) is 6.42 Å². The van der Waals surface area contributed by atoms with Gasteiger partial charge in [0.1, 0.15) is 30.4 Å². The minimum Gasteiger partial charge on any atom is -0.508 e. The van der Waals surface area contributed by atoms with Crippen molar-refractivity contribution in [1.29, 1.82) is 0 Å². The second-order valence-corrected chi connectivity index (χ2v) is 12.5. The molecule has 0 fully saturated rings. The molecule has 0 heterocycles. The number of aryl methyl sites for hydroxylation is 1. The number of carbonyl (C=O) groups excluding carboxylic acids is 2. The highest BCUT2D eigenvalue weighted by molar-refractivity contribution is 7.59. The quantitative estimate of drug-likeness (QED) is 0.151. The number of aromatic hydroxyl groups is 1. The standard InChI is InChI=1S/C32H40FN2O7P/c1-6-40-31(37)18-34-43(39,35-19-32(38)41-7-2)20-42-30-14-21(3)28(22(4)23(30)5)17-25-10-13-29(36)26(16-25)15-24-8-11-27(33)12-9-24/h8-14,16,36H,6-7,15,17-20H2,1-5H3,(H2,34,35,39). The van der Waals surface area contributed by atoms with Crippen LogP contribution in [0.1, 0.15) is 52.8 Å². The fourth-order valence-electron chi connectivity index (χ4n) is 4.55. The number of hydrogen-bond acceptors (Lipinski definition) is 7. The Kier molecular flexibility index (Phi) is 12.3. The Morgan fingerprint density at radius 3 is 2.00 bits per heavy atom. The van der Waals surface area contributed by atoms with Crippen LogP contribution < -0.4 is 14.9 Å². The van der Waals surface area contributed by atoms with Crippen molar-refractivity contribution in [3.05, 3.63) is 93.3 Å². The number of phenols is 1. The lowest BCUT2D eigenvalue weighted by Gasteiger charge is -2.23. The maximum Gasteiger partial charge on any atom is 0.320 e. The molecule has 0 atom stereocenters. The van der Waals surface area contributed by atoms with Gasteiger partial charge in [0.05, 0.1) is 13.2 Å². The Morgan fingerprint density at radius 2 is 1.42 bits per heavy atom. The van der Waals surface area contributed by atoms with Crippen molar-refractivity contribution in [1.82, 2.24) is 10.2 Å². The summed E-state index contributed by atoms with van der Waals surface area (Å²) in [4.78, 5) is 23.8. The topological polar surface area (TPSA) is 123 Å². The molecule has 3 aromatic carbocycles.